The van der Waals surface area contributed by atoms with E-state index in [0.717, 1.165) is 18.8 Å². The maximum absolute atomic E-state index is 5.62. The maximum atomic E-state index is 5.62. The molecule has 0 aliphatic rings. The van der Waals surface area contributed by atoms with Gasteiger partial charge in [-0.2, -0.15) is 0 Å². The largest absolute Gasteiger partial charge is 0.494 e. The first-order valence-corrected chi connectivity index (χ1v) is 7.25. The Labute approximate surface area is 121 Å². The maximum Gasteiger partial charge on any atom is 0.119 e. The van der Waals surface area contributed by atoms with E-state index in [2.05, 4.69) is 55.6 Å². The molecule has 2 aromatic rings. The topological polar surface area (TPSA) is 21.3 Å². The molecule has 1 unspecified atom stereocenters. The normalized spacial score (nSPS) is 12.2. The van der Waals surface area contributed by atoms with E-state index in [4.69, 9.17) is 4.74 Å². The number of ether oxygens (including phenoxy) is 1. The van der Waals surface area contributed by atoms with Crippen molar-refractivity contribution in [3.8, 4) is 16.9 Å². The Morgan fingerprint density at radius 1 is 1.05 bits per heavy atom. The van der Waals surface area contributed by atoms with E-state index in [9.17, 15) is 0 Å². The van der Waals surface area contributed by atoms with Crippen molar-refractivity contribution in [2.75, 3.05) is 13.7 Å². The number of rotatable bonds is 6. The molecule has 0 aliphatic carbocycles. The van der Waals surface area contributed by atoms with Crippen LogP contribution in [0.5, 0.6) is 5.75 Å². The monoisotopic (exact) mass is 269 g/mol. The first kappa shape index (κ1) is 14.6. The highest BCUT2D eigenvalue weighted by atomic mass is 16.5. The molecule has 1 N–H and O–H groups in total. The third-order valence-electron chi connectivity index (χ3n) is 3.48. The molecule has 0 amide bonds. The SMILES string of the molecule is CCCOc1ccc(-c2cccc(C(C)NC)c2)cc1. The van der Waals surface area contributed by atoms with Crippen molar-refractivity contribution in [3.05, 3.63) is 54.1 Å². The van der Waals surface area contributed by atoms with Crippen LogP contribution in [0.3, 0.4) is 0 Å². The van der Waals surface area contributed by atoms with E-state index in [1.165, 1.54) is 16.7 Å². The Balaban J connectivity index is 2.18. The van der Waals surface area contributed by atoms with Gasteiger partial charge < -0.3 is 10.1 Å². The summed E-state index contributed by atoms with van der Waals surface area (Å²) in [5.41, 5.74) is 3.77. The fourth-order valence-corrected chi connectivity index (χ4v) is 2.12. The quantitative estimate of drug-likeness (QED) is 0.838. The van der Waals surface area contributed by atoms with Gasteiger partial charge in [-0.25, -0.2) is 0 Å². The molecule has 0 fully saturated rings. The average molecular weight is 269 g/mol. The van der Waals surface area contributed by atoms with E-state index >= 15 is 0 Å². The molecule has 106 valence electrons. The third kappa shape index (κ3) is 3.61. The van der Waals surface area contributed by atoms with Gasteiger partial charge in [-0.15, -0.1) is 0 Å². The lowest BCUT2D eigenvalue weighted by molar-refractivity contribution is 0.317. The molecule has 2 heteroatoms. The summed E-state index contributed by atoms with van der Waals surface area (Å²) in [6.45, 7) is 5.05. The molecule has 2 rings (SSSR count). The Morgan fingerprint density at radius 3 is 2.45 bits per heavy atom. The van der Waals surface area contributed by atoms with Crippen molar-refractivity contribution in [1.82, 2.24) is 5.32 Å². The highest BCUT2D eigenvalue weighted by Crippen LogP contribution is 2.25. The molecule has 0 radical (unpaired) electrons. The lowest BCUT2D eigenvalue weighted by Crippen LogP contribution is -2.12. The molecule has 0 saturated carbocycles. The van der Waals surface area contributed by atoms with E-state index in [-0.39, 0.29) is 0 Å². The summed E-state index contributed by atoms with van der Waals surface area (Å²) in [4.78, 5) is 0. The van der Waals surface area contributed by atoms with E-state index < -0.39 is 0 Å². The first-order chi connectivity index (χ1) is 9.74. The molecule has 0 heterocycles. The molecule has 20 heavy (non-hydrogen) atoms. The van der Waals surface area contributed by atoms with Crippen LogP contribution in [0.4, 0.5) is 0 Å². The molecular formula is C18H23NO. The molecule has 0 aliphatic heterocycles. The van der Waals surface area contributed by atoms with Crippen LogP contribution in [0.2, 0.25) is 0 Å². The fourth-order valence-electron chi connectivity index (χ4n) is 2.12. The van der Waals surface area contributed by atoms with Gasteiger partial charge in [-0.05, 0) is 55.3 Å². The van der Waals surface area contributed by atoms with Crippen molar-refractivity contribution < 1.29 is 4.74 Å². The Bertz CT molecular complexity index is 533. The molecule has 0 bridgehead atoms. The zero-order valence-electron chi connectivity index (χ0n) is 12.5. The summed E-state index contributed by atoms with van der Waals surface area (Å²) >= 11 is 0. The van der Waals surface area contributed by atoms with Gasteiger partial charge in [0, 0.05) is 6.04 Å². The molecule has 1 atom stereocenters. The third-order valence-corrected chi connectivity index (χ3v) is 3.48. The van der Waals surface area contributed by atoms with E-state index in [1.54, 1.807) is 0 Å². The molecule has 0 aromatic heterocycles. The fraction of sp³-hybridized carbons (Fsp3) is 0.333. The standard InChI is InChI=1S/C18H23NO/c1-4-12-20-18-10-8-15(9-11-18)17-7-5-6-16(13-17)14(2)19-3/h5-11,13-14,19H,4,12H2,1-3H3. The molecule has 0 saturated heterocycles. The van der Waals surface area contributed by atoms with Crippen LogP contribution >= 0.6 is 0 Å². The van der Waals surface area contributed by atoms with Gasteiger partial charge in [-0.3, -0.25) is 0 Å². The number of hydrogen-bond donors (Lipinski definition) is 1. The minimum atomic E-state index is 0.363. The Kier molecular flexibility index (Phi) is 5.19. The lowest BCUT2D eigenvalue weighted by Gasteiger charge is -2.12. The van der Waals surface area contributed by atoms with Crippen molar-refractivity contribution in [3.63, 3.8) is 0 Å². The first-order valence-electron chi connectivity index (χ1n) is 7.25. The highest BCUT2D eigenvalue weighted by molar-refractivity contribution is 5.65. The lowest BCUT2D eigenvalue weighted by atomic mass is 10.0. The number of benzene rings is 2. The molecule has 2 aromatic carbocycles. The smallest absolute Gasteiger partial charge is 0.119 e. The van der Waals surface area contributed by atoms with Gasteiger partial charge in [0.2, 0.25) is 0 Å². The van der Waals surface area contributed by atoms with Crippen LogP contribution in [0.1, 0.15) is 31.9 Å². The van der Waals surface area contributed by atoms with Gasteiger partial charge in [0.25, 0.3) is 0 Å². The van der Waals surface area contributed by atoms with Crippen LogP contribution < -0.4 is 10.1 Å². The van der Waals surface area contributed by atoms with Gasteiger partial charge >= 0.3 is 0 Å². The van der Waals surface area contributed by atoms with Crippen molar-refractivity contribution in [2.24, 2.45) is 0 Å². The van der Waals surface area contributed by atoms with Crippen LogP contribution in [0.15, 0.2) is 48.5 Å². The van der Waals surface area contributed by atoms with Gasteiger partial charge in [-0.1, -0.05) is 37.3 Å². The predicted octanol–water partition coefficient (Wildman–Crippen LogP) is 4.42. The second-order valence-corrected chi connectivity index (χ2v) is 5.01. The molecule has 0 spiro atoms. The van der Waals surface area contributed by atoms with Crippen molar-refractivity contribution in [1.29, 1.82) is 0 Å². The van der Waals surface area contributed by atoms with Crippen molar-refractivity contribution >= 4 is 0 Å². The second-order valence-electron chi connectivity index (χ2n) is 5.01. The summed E-state index contributed by atoms with van der Waals surface area (Å²) in [6.07, 6.45) is 1.03. The summed E-state index contributed by atoms with van der Waals surface area (Å²) in [5.74, 6) is 0.940. The summed E-state index contributed by atoms with van der Waals surface area (Å²) < 4.78 is 5.62. The predicted molar refractivity (Wildman–Crippen MR) is 85.1 cm³/mol. The van der Waals surface area contributed by atoms with Gasteiger partial charge in [0.15, 0.2) is 0 Å². The van der Waals surface area contributed by atoms with Gasteiger partial charge in [0.05, 0.1) is 6.61 Å². The average Bonchev–Trinajstić information content (AvgIpc) is 2.52. The van der Waals surface area contributed by atoms with Crippen LogP contribution in [0.25, 0.3) is 11.1 Å². The second kappa shape index (κ2) is 7.11. The minimum absolute atomic E-state index is 0.363. The number of hydrogen-bond acceptors (Lipinski definition) is 2. The molecule has 2 nitrogen and oxygen atoms in total. The zero-order chi connectivity index (χ0) is 14.4. The van der Waals surface area contributed by atoms with Gasteiger partial charge in [0.1, 0.15) is 5.75 Å². The van der Waals surface area contributed by atoms with E-state index in [0.29, 0.717) is 6.04 Å². The Morgan fingerprint density at radius 2 is 1.80 bits per heavy atom. The van der Waals surface area contributed by atoms with Crippen LogP contribution in [0, 0.1) is 0 Å². The van der Waals surface area contributed by atoms with Crippen molar-refractivity contribution in [2.45, 2.75) is 26.3 Å². The van der Waals surface area contributed by atoms with Crippen LogP contribution in [-0.2, 0) is 0 Å². The Hall–Kier alpha value is -1.80. The highest BCUT2D eigenvalue weighted by Gasteiger charge is 2.04. The van der Waals surface area contributed by atoms with Crippen LogP contribution in [-0.4, -0.2) is 13.7 Å². The summed E-state index contributed by atoms with van der Waals surface area (Å²) in [6, 6.07) is 17.3. The summed E-state index contributed by atoms with van der Waals surface area (Å²) in [7, 11) is 1.98. The van der Waals surface area contributed by atoms with E-state index in [1.807, 2.05) is 19.2 Å². The zero-order valence-corrected chi connectivity index (χ0v) is 12.5. The molecular weight excluding hydrogens is 246 g/mol. The summed E-state index contributed by atoms with van der Waals surface area (Å²) in [5, 5.41) is 3.27. The number of nitrogens with one attached hydrogen (secondary N) is 1. The minimum Gasteiger partial charge on any atom is -0.494 e.